The summed E-state index contributed by atoms with van der Waals surface area (Å²) >= 11 is 1.25. The molecular weight excluding hydrogens is 404 g/mol. The maximum Gasteiger partial charge on any atom is 0.321 e. The van der Waals surface area contributed by atoms with Crippen LogP contribution in [0.5, 0.6) is 0 Å². The van der Waals surface area contributed by atoms with E-state index in [9.17, 15) is 9.59 Å². The summed E-state index contributed by atoms with van der Waals surface area (Å²) in [6.45, 7) is 10.5. The third kappa shape index (κ3) is 6.01. The molecule has 1 aliphatic heterocycles. The number of hydrogen-bond acceptors (Lipinski definition) is 7. The van der Waals surface area contributed by atoms with Gasteiger partial charge in [0.2, 0.25) is 11.9 Å². The molecule has 30 heavy (non-hydrogen) atoms. The van der Waals surface area contributed by atoms with E-state index in [0.29, 0.717) is 23.5 Å². The minimum atomic E-state index is -0.496. The van der Waals surface area contributed by atoms with E-state index in [0.717, 1.165) is 24.8 Å². The Morgan fingerprint density at radius 1 is 1.27 bits per heavy atom. The van der Waals surface area contributed by atoms with Crippen molar-refractivity contribution in [2.75, 3.05) is 23.7 Å². The molecule has 3 heterocycles. The number of carbonyl (C=O) groups excluding carboxylic acids is 2. The molecule has 3 rings (SSSR count). The molecule has 2 atom stereocenters. The molecule has 0 aromatic carbocycles. The van der Waals surface area contributed by atoms with Gasteiger partial charge in [0.05, 0.1) is 18.6 Å². The predicted molar refractivity (Wildman–Crippen MR) is 116 cm³/mol. The number of rotatable bonds is 7. The summed E-state index contributed by atoms with van der Waals surface area (Å²) in [4.78, 5) is 26.1. The summed E-state index contributed by atoms with van der Waals surface area (Å²) in [7, 11) is 0. The van der Waals surface area contributed by atoms with Crippen molar-refractivity contribution in [2.24, 2.45) is 11.8 Å². The molecular formula is C20H30N6O3S. The van der Waals surface area contributed by atoms with Crippen molar-refractivity contribution in [3.8, 4) is 0 Å². The van der Waals surface area contributed by atoms with Crippen molar-refractivity contribution < 1.29 is 14.0 Å². The molecule has 0 aliphatic carbocycles. The molecule has 3 amide bonds. The maximum absolute atomic E-state index is 12.2. The van der Waals surface area contributed by atoms with Crippen LogP contribution in [0.1, 0.15) is 39.9 Å². The highest BCUT2D eigenvalue weighted by molar-refractivity contribution is 7.99. The normalized spacial score (nSPS) is 19.2. The monoisotopic (exact) mass is 434 g/mol. The van der Waals surface area contributed by atoms with Crippen LogP contribution in [0, 0.1) is 11.8 Å². The fraction of sp³-hybridized carbons (Fsp3) is 0.600. The van der Waals surface area contributed by atoms with Crippen LogP contribution in [0.4, 0.5) is 10.7 Å². The van der Waals surface area contributed by atoms with E-state index in [1.54, 1.807) is 6.26 Å². The van der Waals surface area contributed by atoms with Gasteiger partial charge < -0.3 is 14.6 Å². The van der Waals surface area contributed by atoms with Crippen molar-refractivity contribution in [2.45, 2.75) is 51.9 Å². The van der Waals surface area contributed by atoms with E-state index in [1.807, 2.05) is 30.5 Å². The molecule has 1 aliphatic rings. The first-order chi connectivity index (χ1) is 14.3. The lowest BCUT2D eigenvalue weighted by Gasteiger charge is -2.35. The van der Waals surface area contributed by atoms with Crippen molar-refractivity contribution in [3.63, 3.8) is 0 Å². The van der Waals surface area contributed by atoms with Gasteiger partial charge in [0, 0.05) is 19.1 Å². The predicted octanol–water partition coefficient (Wildman–Crippen LogP) is 2.73. The molecule has 2 aromatic rings. The Balaban J connectivity index is 1.73. The number of furan rings is 1. The number of thioether (sulfide) groups is 1. The Bertz CT molecular complexity index is 841. The van der Waals surface area contributed by atoms with Crippen LogP contribution in [0.25, 0.3) is 0 Å². The lowest BCUT2D eigenvalue weighted by molar-refractivity contribution is -0.117. The van der Waals surface area contributed by atoms with Crippen LogP contribution in [0.15, 0.2) is 28.0 Å². The van der Waals surface area contributed by atoms with E-state index in [1.165, 1.54) is 18.2 Å². The van der Waals surface area contributed by atoms with Crippen molar-refractivity contribution in [3.05, 3.63) is 24.2 Å². The van der Waals surface area contributed by atoms with Gasteiger partial charge in [-0.1, -0.05) is 25.6 Å². The fourth-order valence-electron chi connectivity index (χ4n) is 3.74. The number of carbonyl (C=O) groups is 2. The van der Waals surface area contributed by atoms with Crippen LogP contribution in [0.3, 0.4) is 0 Å². The number of amides is 3. The molecule has 0 radical (unpaired) electrons. The smallest absolute Gasteiger partial charge is 0.321 e. The Hall–Kier alpha value is -2.49. The third-order valence-corrected chi connectivity index (χ3v) is 5.71. The zero-order chi connectivity index (χ0) is 21.7. The van der Waals surface area contributed by atoms with Gasteiger partial charge in [0.25, 0.3) is 0 Å². The number of nitrogens with zero attached hydrogens (tertiary/aromatic N) is 4. The summed E-state index contributed by atoms with van der Waals surface area (Å²) in [6.07, 6.45) is 2.83. The largest absolute Gasteiger partial charge is 0.467 e. The molecule has 2 aromatic heterocycles. The van der Waals surface area contributed by atoms with Crippen molar-refractivity contribution in [1.29, 1.82) is 0 Å². The molecule has 9 nitrogen and oxygen atoms in total. The third-order valence-electron chi connectivity index (χ3n) is 4.75. The van der Waals surface area contributed by atoms with Gasteiger partial charge in [-0.25, -0.2) is 4.79 Å². The van der Waals surface area contributed by atoms with Crippen LogP contribution in [0.2, 0.25) is 0 Å². The SMILES string of the molecule is CC1CC(C)CN(c2nnc(SCC(=O)NC(=O)NC(C)C)n2Cc2ccco2)C1. The number of aromatic nitrogens is 3. The van der Waals surface area contributed by atoms with Gasteiger partial charge in [-0.15, -0.1) is 10.2 Å². The topological polar surface area (TPSA) is 105 Å². The second kappa shape index (κ2) is 10.0. The van der Waals surface area contributed by atoms with Crippen molar-refractivity contribution >= 4 is 29.6 Å². The van der Waals surface area contributed by atoms with E-state index < -0.39 is 6.03 Å². The first-order valence-electron chi connectivity index (χ1n) is 10.3. The summed E-state index contributed by atoms with van der Waals surface area (Å²) in [6, 6.07) is 3.21. The molecule has 1 fully saturated rings. The molecule has 2 unspecified atom stereocenters. The standard InChI is InChI=1S/C20H30N6O3S/c1-13(2)21-18(28)22-17(27)12-30-20-24-23-19(25-9-14(3)8-15(4)10-25)26(20)11-16-6-5-7-29-16/h5-7,13-15H,8-12H2,1-4H3,(H2,21,22,27,28). The maximum atomic E-state index is 12.2. The first kappa shape index (κ1) is 22.2. The van der Waals surface area contributed by atoms with E-state index in [4.69, 9.17) is 4.42 Å². The van der Waals surface area contributed by atoms with E-state index in [2.05, 4.69) is 39.6 Å². The zero-order valence-electron chi connectivity index (χ0n) is 17.9. The van der Waals surface area contributed by atoms with Crippen LogP contribution in [-0.2, 0) is 11.3 Å². The van der Waals surface area contributed by atoms with Crippen LogP contribution < -0.4 is 15.5 Å². The van der Waals surface area contributed by atoms with Gasteiger partial charge in [-0.05, 0) is 44.2 Å². The lowest BCUT2D eigenvalue weighted by Crippen LogP contribution is -2.43. The molecule has 164 valence electrons. The summed E-state index contributed by atoms with van der Waals surface area (Å²) < 4.78 is 7.51. The fourth-order valence-corrected chi connectivity index (χ4v) is 4.47. The molecule has 10 heteroatoms. The van der Waals surface area contributed by atoms with Gasteiger partial charge in [0.15, 0.2) is 5.16 Å². The van der Waals surface area contributed by atoms with E-state index >= 15 is 0 Å². The van der Waals surface area contributed by atoms with Gasteiger partial charge in [-0.3, -0.25) is 14.7 Å². The second-order valence-corrected chi connectivity index (χ2v) is 9.21. The molecule has 0 bridgehead atoms. The van der Waals surface area contributed by atoms with Crippen LogP contribution in [-0.4, -0.2) is 51.6 Å². The summed E-state index contributed by atoms with van der Waals surface area (Å²) in [5.41, 5.74) is 0. The number of hydrogen-bond donors (Lipinski definition) is 2. The van der Waals surface area contributed by atoms with E-state index in [-0.39, 0.29) is 17.7 Å². The number of imide groups is 1. The molecule has 2 N–H and O–H groups in total. The Labute approximate surface area is 181 Å². The average Bonchev–Trinajstić information content (AvgIpc) is 3.29. The highest BCUT2D eigenvalue weighted by atomic mass is 32.2. The summed E-state index contributed by atoms with van der Waals surface area (Å²) in [5, 5.41) is 14.4. The number of nitrogens with one attached hydrogen (secondary N) is 2. The Kier molecular flexibility index (Phi) is 7.41. The van der Waals surface area contributed by atoms with Crippen molar-refractivity contribution in [1.82, 2.24) is 25.4 Å². The highest BCUT2D eigenvalue weighted by Crippen LogP contribution is 2.28. The summed E-state index contributed by atoms with van der Waals surface area (Å²) in [5.74, 6) is 2.40. The van der Waals surface area contributed by atoms with Gasteiger partial charge in [-0.2, -0.15) is 0 Å². The number of urea groups is 1. The van der Waals surface area contributed by atoms with Crippen LogP contribution >= 0.6 is 11.8 Å². The zero-order valence-corrected chi connectivity index (χ0v) is 18.7. The number of anilines is 1. The highest BCUT2D eigenvalue weighted by Gasteiger charge is 2.27. The lowest BCUT2D eigenvalue weighted by atomic mass is 9.92. The molecule has 0 saturated carbocycles. The minimum Gasteiger partial charge on any atom is -0.467 e. The quantitative estimate of drug-likeness (QED) is 0.646. The molecule has 1 saturated heterocycles. The average molecular weight is 435 g/mol. The second-order valence-electron chi connectivity index (χ2n) is 8.26. The van der Waals surface area contributed by atoms with Gasteiger partial charge >= 0.3 is 6.03 Å². The van der Waals surface area contributed by atoms with Gasteiger partial charge in [0.1, 0.15) is 5.76 Å². The number of piperidine rings is 1. The minimum absolute atomic E-state index is 0.0428. The molecule has 0 spiro atoms. The Morgan fingerprint density at radius 3 is 2.63 bits per heavy atom. The Morgan fingerprint density at radius 2 is 2.00 bits per heavy atom. The first-order valence-corrected chi connectivity index (χ1v) is 11.2.